The first kappa shape index (κ1) is 14.1. The van der Waals surface area contributed by atoms with Gasteiger partial charge < -0.3 is 20.6 Å². The van der Waals surface area contributed by atoms with E-state index in [1.807, 2.05) is 18.2 Å². The van der Waals surface area contributed by atoms with Crippen LogP contribution in [0.25, 0.3) is 0 Å². The Balaban J connectivity index is 2.24. The van der Waals surface area contributed by atoms with E-state index in [1.54, 1.807) is 0 Å². The number of hydrogen-bond donors (Lipinski definition) is 2. The minimum absolute atomic E-state index is 0.0992. The fraction of sp³-hybridized carbons (Fsp3) is 0.462. The average molecular weight is 328 g/mol. The summed E-state index contributed by atoms with van der Waals surface area (Å²) in [7, 11) is 0. The molecule has 0 spiro atoms. The van der Waals surface area contributed by atoms with Crippen LogP contribution >= 0.6 is 15.9 Å². The molecule has 0 unspecified atom stereocenters. The standard InChI is InChI=1S/C13H18BrN3O2/c1-8-6-17(7-9(2)19-8)10-3-4-11(12(14)5-10)13(15)16-18/h3-5,8-9,18H,6-7H2,1-2H3,(H2,15,16)/t8-,9+. The lowest BCUT2D eigenvalue weighted by molar-refractivity contribution is -0.00521. The maximum absolute atomic E-state index is 8.72. The first-order valence-corrected chi connectivity index (χ1v) is 6.98. The number of amidine groups is 1. The Labute approximate surface area is 121 Å². The third-order valence-electron chi connectivity index (χ3n) is 3.12. The summed E-state index contributed by atoms with van der Waals surface area (Å²) in [6.07, 6.45) is 0.428. The highest BCUT2D eigenvalue weighted by Gasteiger charge is 2.22. The van der Waals surface area contributed by atoms with Crippen molar-refractivity contribution in [1.29, 1.82) is 0 Å². The van der Waals surface area contributed by atoms with Crippen LogP contribution in [0.3, 0.4) is 0 Å². The van der Waals surface area contributed by atoms with Crippen LogP contribution in [0.15, 0.2) is 27.8 Å². The lowest BCUT2D eigenvalue weighted by atomic mass is 10.1. The van der Waals surface area contributed by atoms with Crippen molar-refractivity contribution < 1.29 is 9.94 Å². The van der Waals surface area contributed by atoms with Gasteiger partial charge >= 0.3 is 0 Å². The highest BCUT2D eigenvalue weighted by molar-refractivity contribution is 9.10. The lowest BCUT2D eigenvalue weighted by Crippen LogP contribution is -2.45. The molecule has 1 heterocycles. The zero-order valence-corrected chi connectivity index (χ0v) is 12.6. The maximum Gasteiger partial charge on any atom is 0.171 e. The summed E-state index contributed by atoms with van der Waals surface area (Å²) >= 11 is 3.46. The molecule has 1 saturated heterocycles. The topological polar surface area (TPSA) is 71.1 Å². The molecule has 19 heavy (non-hydrogen) atoms. The van der Waals surface area contributed by atoms with Gasteiger partial charge in [0.05, 0.1) is 12.2 Å². The second-order valence-corrected chi connectivity index (χ2v) is 5.67. The van der Waals surface area contributed by atoms with E-state index in [4.69, 9.17) is 15.7 Å². The molecule has 3 N–H and O–H groups in total. The molecule has 0 bridgehead atoms. The molecule has 0 aromatic heterocycles. The molecule has 1 aliphatic rings. The molecule has 0 aliphatic carbocycles. The Morgan fingerprint density at radius 1 is 1.42 bits per heavy atom. The van der Waals surface area contributed by atoms with Crippen molar-refractivity contribution in [2.75, 3.05) is 18.0 Å². The van der Waals surface area contributed by atoms with E-state index in [9.17, 15) is 0 Å². The normalized spacial score (nSPS) is 24.6. The molecule has 104 valence electrons. The molecule has 2 rings (SSSR count). The summed E-state index contributed by atoms with van der Waals surface area (Å²) < 4.78 is 6.53. The molecular weight excluding hydrogens is 310 g/mol. The molecule has 0 radical (unpaired) electrons. The van der Waals surface area contributed by atoms with E-state index in [0.29, 0.717) is 5.56 Å². The van der Waals surface area contributed by atoms with Crippen molar-refractivity contribution in [3.05, 3.63) is 28.2 Å². The number of benzene rings is 1. The zero-order chi connectivity index (χ0) is 14.0. The van der Waals surface area contributed by atoms with Crippen LogP contribution in [0.4, 0.5) is 5.69 Å². The van der Waals surface area contributed by atoms with E-state index in [0.717, 1.165) is 23.2 Å². The molecule has 1 fully saturated rings. The number of nitrogens with two attached hydrogens (primary N) is 1. The number of morpholine rings is 1. The SMILES string of the molecule is C[C@@H]1CN(c2ccc(/C(N)=N/O)c(Br)c2)C[C@H](C)O1. The summed E-state index contributed by atoms with van der Waals surface area (Å²) in [4.78, 5) is 2.28. The fourth-order valence-corrected chi connectivity index (χ4v) is 2.92. The van der Waals surface area contributed by atoms with E-state index < -0.39 is 0 Å². The van der Waals surface area contributed by atoms with E-state index in [1.165, 1.54) is 0 Å². The van der Waals surface area contributed by atoms with Gasteiger partial charge in [-0.2, -0.15) is 0 Å². The van der Waals surface area contributed by atoms with Gasteiger partial charge in [-0.05, 0) is 48.0 Å². The van der Waals surface area contributed by atoms with Gasteiger partial charge in [0.25, 0.3) is 0 Å². The molecule has 1 aromatic carbocycles. The number of halogens is 1. The van der Waals surface area contributed by atoms with Gasteiger partial charge in [0, 0.05) is 28.8 Å². The number of nitrogens with zero attached hydrogens (tertiary/aromatic N) is 2. The van der Waals surface area contributed by atoms with E-state index >= 15 is 0 Å². The van der Waals surface area contributed by atoms with Gasteiger partial charge in [-0.1, -0.05) is 5.16 Å². The third-order valence-corrected chi connectivity index (χ3v) is 3.78. The first-order chi connectivity index (χ1) is 9.01. The van der Waals surface area contributed by atoms with Gasteiger partial charge in [-0.25, -0.2) is 0 Å². The van der Waals surface area contributed by atoms with Crippen molar-refractivity contribution in [3.8, 4) is 0 Å². The lowest BCUT2D eigenvalue weighted by Gasteiger charge is -2.37. The molecule has 0 saturated carbocycles. The van der Waals surface area contributed by atoms with Gasteiger partial charge in [-0.3, -0.25) is 0 Å². The quantitative estimate of drug-likeness (QED) is 0.378. The summed E-state index contributed by atoms with van der Waals surface area (Å²) in [5, 5.41) is 11.7. The molecule has 0 amide bonds. The highest BCUT2D eigenvalue weighted by atomic mass is 79.9. The Bertz CT molecular complexity index is 483. The predicted octanol–water partition coefficient (Wildman–Crippen LogP) is 2.16. The minimum Gasteiger partial charge on any atom is -0.409 e. The van der Waals surface area contributed by atoms with Crippen molar-refractivity contribution in [3.63, 3.8) is 0 Å². The Kier molecular flexibility index (Phi) is 4.31. The minimum atomic E-state index is 0.0992. The second-order valence-electron chi connectivity index (χ2n) is 4.81. The van der Waals surface area contributed by atoms with Crippen LogP contribution in [0, 0.1) is 0 Å². The highest BCUT2D eigenvalue weighted by Crippen LogP contribution is 2.26. The van der Waals surface area contributed by atoms with E-state index in [-0.39, 0.29) is 18.0 Å². The average Bonchev–Trinajstić information content (AvgIpc) is 2.36. The molecule has 1 aromatic rings. The summed E-state index contributed by atoms with van der Waals surface area (Å²) in [5.41, 5.74) is 7.39. The smallest absolute Gasteiger partial charge is 0.171 e. The van der Waals surface area contributed by atoms with Crippen LogP contribution in [0.1, 0.15) is 19.4 Å². The predicted molar refractivity (Wildman–Crippen MR) is 78.9 cm³/mol. The Hall–Kier alpha value is -1.27. The number of oxime groups is 1. The van der Waals surface area contributed by atoms with Crippen LogP contribution < -0.4 is 10.6 Å². The Morgan fingerprint density at radius 2 is 2.05 bits per heavy atom. The van der Waals surface area contributed by atoms with Gasteiger partial charge in [-0.15, -0.1) is 0 Å². The molecule has 1 aliphatic heterocycles. The molecule has 6 heteroatoms. The van der Waals surface area contributed by atoms with Crippen LogP contribution in [0.5, 0.6) is 0 Å². The zero-order valence-electron chi connectivity index (χ0n) is 11.0. The van der Waals surface area contributed by atoms with Gasteiger partial charge in [0.15, 0.2) is 5.84 Å². The van der Waals surface area contributed by atoms with Crippen molar-refractivity contribution in [2.24, 2.45) is 10.9 Å². The number of anilines is 1. The van der Waals surface area contributed by atoms with Crippen molar-refractivity contribution in [1.82, 2.24) is 0 Å². The second kappa shape index (κ2) is 5.79. The summed E-state index contributed by atoms with van der Waals surface area (Å²) in [6, 6.07) is 5.81. The molecule has 2 atom stereocenters. The summed E-state index contributed by atoms with van der Waals surface area (Å²) in [6.45, 7) is 5.87. The Morgan fingerprint density at radius 3 is 2.58 bits per heavy atom. The molecule has 5 nitrogen and oxygen atoms in total. The van der Waals surface area contributed by atoms with Crippen LogP contribution in [-0.4, -0.2) is 36.3 Å². The largest absolute Gasteiger partial charge is 0.409 e. The van der Waals surface area contributed by atoms with Crippen molar-refractivity contribution >= 4 is 27.5 Å². The monoisotopic (exact) mass is 327 g/mol. The van der Waals surface area contributed by atoms with Crippen LogP contribution in [-0.2, 0) is 4.74 Å². The maximum atomic E-state index is 8.72. The van der Waals surface area contributed by atoms with Crippen molar-refractivity contribution in [2.45, 2.75) is 26.1 Å². The number of rotatable bonds is 2. The number of hydrogen-bond acceptors (Lipinski definition) is 4. The summed E-state index contributed by atoms with van der Waals surface area (Å²) in [5.74, 6) is 0.0992. The first-order valence-electron chi connectivity index (χ1n) is 6.19. The van der Waals surface area contributed by atoms with Gasteiger partial charge in [0.1, 0.15) is 0 Å². The van der Waals surface area contributed by atoms with Gasteiger partial charge in [0.2, 0.25) is 0 Å². The molecular formula is C13H18BrN3O2. The fourth-order valence-electron chi connectivity index (χ4n) is 2.35. The van der Waals surface area contributed by atoms with E-state index in [2.05, 4.69) is 39.8 Å². The number of ether oxygens (including phenoxy) is 1. The van der Waals surface area contributed by atoms with Crippen LogP contribution in [0.2, 0.25) is 0 Å². The third kappa shape index (κ3) is 3.19.